The largest absolute Gasteiger partial charge is 0.355 e. The Bertz CT molecular complexity index is 1520. The lowest BCUT2D eigenvalue weighted by Crippen LogP contribution is -2.12. The molecule has 172 valence electrons. The van der Waals surface area contributed by atoms with Gasteiger partial charge in [-0.25, -0.2) is 8.78 Å². The maximum atomic E-state index is 14.6. The number of benzene rings is 4. The molecular formula is C28H20F2N4O. The number of halogens is 2. The van der Waals surface area contributed by atoms with Crippen molar-refractivity contribution in [2.24, 2.45) is 0 Å². The molecule has 0 radical (unpaired) electrons. The summed E-state index contributed by atoms with van der Waals surface area (Å²) in [5.74, 6) is -1.36. The van der Waals surface area contributed by atoms with Gasteiger partial charge in [0, 0.05) is 39.9 Å². The second kappa shape index (κ2) is 9.61. The quantitative estimate of drug-likeness (QED) is 0.247. The number of amides is 1. The molecule has 1 amide bonds. The lowest BCUT2D eigenvalue weighted by Gasteiger charge is -2.13. The number of nitrogens with zero attached hydrogens (tertiary/aromatic N) is 1. The molecule has 0 spiro atoms. The van der Waals surface area contributed by atoms with Crippen molar-refractivity contribution < 1.29 is 13.6 Å². The molecule has 4 aromatic carbocycles. The molecule has 0 aliphatic heterocycles. The van der Waals surface area contributed by atoms with Crippen LogP contribution in [0.2, 0.25) is 0 Å². The zero-order valence-electron chi connectivity index (χ0n) is 18.4. The fourth-order valence-electron chi connectivity index (χ4n) is 3.70. The Morgan fingerprint density at radius 2 is 1.49 bits per heavy atom. The van der Waals surface area contributed by atoms with Gasteiger partial charge in [-0.1, -0.05) is 24.3 Å². The Morgan fingerprint density at radius 3 is 2.34 bits per heavy atom. The zero-order valence-corrected chi connectivity index (χ0v) is 18.4. The highest BCUT2D eigenvalue weighted by Crippen LogP contribution is 2.28. The highest BCUT2D eigenvalue weighted by atomic mass is 19.1. The summed E-state index contributed by atoms with van der Waals surface area (Å²) in [6, 6.07) is 26.8. The van der Waals surface area contributed by atoms with Crippen LogP contribution in [0.3, 0.4) is 0 Å². The first kappa shape index (κ1) is 22.0. The highest BCUT2D eigenvalue weighted by Gasteiger charge is 2.12. The van der Waals surface area contributed by atoms with E-state index in [0.717, 1.165) is 11.4 Å². The summed E-state index contributed by atoms with van der Waals surface area (Å²) >= 11 is 0. The maximum absolute atomic E-state index is 14.6. The third kappa shape index (κ3) is 5.09. The second-order valence-corrected chi connectivity index (χ2v) is 7.87. The summed E-state index contributed by atoms with van der Waals surface area (Å²) in [6.45, 7) is 0. The van der Waals surface area contributed by atoms with E-state index in [1.165, 1.54) is 30.3 Å². The van der Waals surface area contributed by atoms with Crippen LogP contribution in [0.25, 0.3) is 10.9 Å². The van der Waals surface area contributed by atoms with Crippen molar-refractivity contribution in [3.05, 3.63) is 120 Å². The molecule has 0 unspecified atom stereocenters. The number of para-hydroxylation sites is 1. The summed E-state index contributed by atoms with van der Waals surface area (Å²) in [5, 5.41) is 9.59. The number of hydrogen-bond donors (Lipinski definition) is 3. The van der Waals surface area contributed by atoms with Gasteiger partial charge in [0.05, 0.1) is 11.2 Å². The average molecular weight is 466 g/mol. The van der Waals surface area contributed by atoms with Crippen LogP contribution in [0.15, 0.2) is 103 Å². The Labute approximate surface area is 200 Å². The summed E-state index contributed by atoms with van der Waals surface area (Å²) in [6.07, 6.45) is 1.55. The van der Waals surface area contributed by atoms with Crippen molar-refractivity contribution in [2.75, 3.05) is 16.0 Å². The van der Waals surface area contributed by atoms with Gasteiger partial charge in [0.2, 0.25) is 0 Å². The van der Waals surface area contributed by atoms with E-state index in [2.05, 4.69) is 20.9 Å². The lowest BCUT2D eigenvalue weighted by atomic mass is 10.1. The predicted molar refractivity (Wildman–Crippen MR) is 136 cm³/mol. The van der Waals surface area contributed by atoms with Crippen LogP contribution in [-0.4, -0.2) is 10.9 Å². The standard InChI is InChI=1S/C28H20F2N4O/c29-19-10-12-25-23(16-19)26(13-14-31-25)34-27-15-18(9-11-24(27)30)28(35)33-22-8-4-7-21(17-22)32-20-5-2-1-3-6-20/h1-17,32H,(H,31,34)(H,33,35). The molecule has 5 rings (SSSR count). The van der Waals surface area contributed by atoms with Crippen molar-refractivity contribution in [1.29, 1.82) is 0 Å². The summed E-state index contributed by atoms with van der Waals surface area (Å²) in [5.41, 5.74) is 3.72. The first-order valence-electron chi connectivity index (χ1n) is 10.9. The number of carbonyl (C=O) groups is 1. The van der Waals surface area contributed by atoms with E-state index in [1.807, 2.05) is 48.5 Å². The van der Waals surface area contributed by atoms with Crippen molar-refractivity contribution in [1.82, 2.24) is 4.98 Å². The number of rotatable bonds is 6. The molecule has 0 bridgehead atoms. The van der Waals surface area contributed by atoms with Gasteiger partial charge in [0.25, 0.3) is 5.91 Å². The number of hydrogen-bond acceptors (Lipinski definition) is 4. The van der Waals surface area contributed by atoms with Crippen molar-refractivity contribution in [3.8, 4) is 0 Å². The van der Waals surface area contributed by atoms with E-state index in [4.69, 9.17) is 0 Å². The van der Waals surface area contributed by atoms with E-state index in [-0.39, 0.29) is 11.3 Å². The Hall–Kier alpha value is -4.78. The van der Waals surface area contributed by atoms with Crippen LogP contribution in [0, 0.1) is 11.6 Å². The molecule has 35 heavy (non-hydrogen) atoms. The van der Waals surface area contributed by atoms with Gasteiger partial charge in [-0.3, -0.25) is 9.78 Å². The van der Waals surface area contributed by atoms with Crippen LogP contribution in [0.5, 0.6) is 0 Å². The van der Waals surface area contributed by atoms with Gasteiger partial charge >= 0.3 is 0 Å². The van der Waals surface area contributed by atoms with Crippen LogP contribution < -0.4 is 16.0 Å². The second-order valence-electron chi connectivity index (χ2n) is 7.87. The van der Waals surface area contributed by atoms with Crippen LogP contribution in [-0.2, 0) is 0 Å². The summed E-state index contributed by atoms with van der Waals surface area (Å²) in [4.78, 5) is 17.1. The van der Waals surface area contributed by atoms with Gasteiger partial charge in [0.1, 0.15) is 11.6 Å². The minimum absolute atomic E-state index is 0.0916. The van der Waals surface area contributed by atoms with Crippen LogP contribution in [0.4, 0.5) is 37.2 Å². The molecule has 0 fully saturated rings. The molecule has 5 aromatic rings. The maximum Gasteiger partial charge on any atom is 0.255 e. The third-order valence-corrected chi connectivity index (χ3v) is 5.38. The molecule has 1 aromatic heterocycles. The number of anilines is 5. The van der Waals surface area contributed by atoms with Gasteiger partial charge in [-0.2, -0.15) is 0 Å². The molecule has 0 aliphatic carbocycles. The topological polar surface area (TPSA) is 66.1 Å². The number of nitrogens with one attached hydrogen (secondary N) is 3. The Balaban J connectivity index is 1.36. The van der Waals surface area contributed by atoms with E-state index in [0.29, 0.717) is 22.3 Å². The molecule has 0 aliphatic rings. The SMILES string of the molecule is O=C(Nc1cccc(Nc2ccccc2)c1)c1ccc(F)c(Nc2ccnc3ccc(F)cc23)c1. The summed E-state index contributed by atoms with van der Waals surface area (Å²) < 4.78 is 28.4. The molecule has 0 saturated heterocycles. The normalized spacial score (nSPS) is 10.7. The number of carbonyl (C=O) groups excluding carboxylic acids is 1. The Morgan fingerprint density at radius 1 is 0.686 bits per heavy atom. The number of aromatic nitrogens is 1. The van der Waals surface area contributed by atoms with Gasteiger partial charge in [-0.15, -0.1) is 0 Å². The van der Waals surface area contributed by atoms with Gasteiger partial charge in [-0.05, 0) is 72.8 Å². The number of fused-ring (bicyclic) bond motifs is 1. The van der Waals surface area contributed by atoms with Gasteiger partial charge in [0.15, 0.2) is 0 Å². The number of pyridine rings is 1. The molecule has 3 N–H and O–H groups in total. The zero-order chi connectivity index (χ0) is 24.2. The Kier molecular flexibility index (Phi) is 6.05. The predicted octanol–water partition coefficient (Wildman–Crippen LogP) is 7.25. The first-order valence-corrected chi connectivity index (χ1v) is 10.9. The van der Waals surface area contributed by atoms with E-state index in [1.54, 1.807) is 24.4 Å². The molecular weight excluding hydrogens is 446 g/mol. The van der Waals surface area contributed by atoms with Crippen LogP contribution in [0.1, 0.15) is 10.4 Å². The first-order chi connectivity index (χ1) is 17.0. The summed E-state index contributed by atoms with van der Waals surface area (Å²) in [7, 11) is 0. The van der Waals surface area contributed by atoms with Crippen LogP contribution >= 0.6 is 0 Å². The van der Waals surface area contributed by atoms with Crippen molar-refractivity contribution in [2.45, 2.75) is 0 Å². The fourth-order valence-corrected chi connectivity index (χ4v) is 3.70. The molecule has 5 nitrogen and oxygen atoms in total. The molecule has 0 atom stereocenters. The molecule has 7 heteroatoms. The molecule has 1 heterocycles. The van der Waals surface area contributed by atoms with Gasteiger partial charge < -0.3 is 16.0 Å². The minimum Gasteiger partial charge on any atom is -0.355 e. The third-order valence-electron chi connectivity index (χ3n) is 5.38. The average Bonchev–Trinajstić information content (AvgIpc) is 2.86. The fraction of sp³-hybridized carbons (Fsp3) is 0. The monoisotopic (exact) mass is 466 g/mol. The van der Waals surface area contributed by atoms with E-state index < -0.39 is 17.5 Å². The molecule has 0 saturated carbocycles. The van der Waals surface area contributed by atoms with Crippen molar-refractivity contribution in [3.63, 3.8) is 0 Å². The minimum atomic E-state index is -0.544. The van der Waals surface area contributed by atoms with E-state index in [9.17, 15) is 13.6 Å². The lowest BCUT2D eigenvalue weighted by molar-refractivity contribution is 0.102. The van der Waals surface area contributed by atoms with Crippen molar-refractivity contribution >= 4 is 45.2 Å². The smallest absolute Gasteiger partial charge is 0.255 e. The van der Waals surface area contributed by atoms with E-state index >= 15 is 0 Å². The highest BCUT2D eigenvalue weighted by molar-refractivity contribution is 6.05.